The van der Waals surface area contributed by atoms with Gasteiger partial charge in [-0.15, -0.1) is 0 Å². The van der Waals surface area contributed by atoms with Crippen LogP contribution >= 0.6 is 0 Å². The van der Waals surface area contributed by atoms with Gasteiger partial charge in [0.05, 0.1) is 6.26 Å². The van der Waals surface area contributed by atoms with E-state index in [4.69, 9.17) is 8.83 Å². The molecule has 1 aromatic carbocycles. The van der Waals surface area contributed by atoms with Crippen LogP contribution in [-0.4, -0.2) is 12.5 Å². The largest absolute Gasteiger partial charge is 0.464 e. The fourth-order valence-electron chi connectivity index (χ4n) is 3.43. The minimum absolute atomic E-state index is 0.0353. The summed E-state index contributed by atoms with van der Waals surface area (Å²) in [6.45, 7) is 10.7. The molecule has 0 saturated heterocycles. The molecule has 0 unspecified atom stereocenters. The van der Waals surface area contributed by atoms with Gasteiger partial charge in [0.25, 0.3) is 0 Å². The Morgan fingerprint density at radius 3 is 2.56 bits per heavy atom. The molecule has 0 aliphatic rings. The van der Waals surface area contributed by atoms with E-state index in [1.165, 1.54) is 0 Å². The Balaban J connectivity index is 1.90. The van der Waals surface area contributed by atoms with E-state index < -0.39 is 0 Å². The van der Waals surface area contributed by atoms with Crippen molar-refractivity contribution in [2.45, 2.75) is 53.9 Å². The number of aryl methyl sites for hydroxylation is 3. The quantitative estimate of drug-likeness (QED) is 0.647. The first-order valence-electron chi connectivity index (χ1n) is 9.50. The van der Waals surface area contributed by atoms with Crippen LogP contribution in [0.1, 0.15) is 48.9 Å². The van der Waals surface area contributed by atoms with E-state index in [9.17, 15) is 9.59 Å². The average molecular weight is 369 g/mol. The van der Waals surface area contributed by atoms with Crippen LogP contribution in [0.4, 0.5) is 0 Å². The van der Waals surface area contributed by atoms with Gasteiger partial charge < -0.3 is 14.2 Å². The molecule has 1 N–H and O–H groups in total. The zero-order valence-corrected chi connectivity index (χ0v) is 16.7. The minimum atomic E-state index is -0.374. The number of amides is 1. The molecule has 0 aliphatic heterocycles. The Hall–Kier alpha value is -2.56. The molecular weight excluding hydrogens is 342 g/mol. The SMILES string of the molecule is Cc1coc2c(C)c3oc(=O)c(CCC(=O)NCCC(C)C)c(C)c3cc12. The van der Waals surface area contributed by atoms with Gasteiger partial charge in [0.1, 0.15) is 11.2 Å². The Morgan fingerprint density at radius 2 is 1.85 bits per heavy atom. The fraction of sp³-hybridized carbons (Fsp3) is 0.455. The predicted octanol–water partition coefficient (Wildman–Crippen LogP) is 4.56. The number of carbonyl (C=O) groups is 1. The van der Waals surface area contributed by atoms with E-state index in [1.54, 1.807) is 6.26 Å². The number of carbonyl (C=O) groups excluding carboxylic acids is 1. The number of hydrogen-bond acceptors (Lipinski definition) is 4. The summed E-state index contributed by atoms with van der Waals surface area (Å²) >= 11 is 0. The topological polar surface area (TPSA) is 72.5 Å². The van der Waals surface area contributed by atoms with Crippen molar-refractivity contribution in [2.24, 2.45) is 5.92 Å². The number of fused-ring (bicyclic) bond motifs is 2. The van der Waals surface area contributed by atoms with Gasteiger partial charge in [-0.2, -0.15) is 0 Å². The Labute approximate surface area is 158 Å². The summed E-state index contributed by atoms with van der Waals surface area (Å²) in [6, 6.07) is 2.01. The normalized spacial score (nSPS) is 11.6. The smallest absolute Gasteiger partial charge is 0.339 e. The number of hydrogen-bond donors (Lipinski definition) is 1. The van der Waals surface area contributed by atoms with Crippen molar-refractivity contribution in [1.29, 1.82) is 0 Å². The summed E-state index contributed by atoms with van der Waals surface area (Å²) in [7, 11) is 0. The van der Waals surface area contributed by atoms with Gasteiger partial charge >= 0.3 is 5.63 Å². The highest BCUT2D eigenvalue weighted by Gasteiger charge is 2.18. The second kappa shape index (κ2) is 7.59. The molecule has 27 heavy (non-hydrogen) atoms. The van der Waals surface area contributed by atoms with Gasteiger partial charge in [0.2, 0.25) is 5.91 Å². The Morgan fingerprint density at radius 1 is 1.11 bits per heavy atom. The lowest BCUT2D eigenvalue weighted by Crippen LogP contribution is -2.26. The third-order valence-electron chi connectivity index (χ3n) is 5.18. The zero-order chi connectivity index (χ0) is 19.7. The standard InChI is InChI=1S/C22H27NO4/c1-12(2)8-9-23-19(24)7-6-16-14(4)18-10-17-13(3)11-26-20(17)15(5)21(18)27-22(16)25/h10-12H,6-9H2,1-5H3,(H,23,24). The van der Waals surface area contributed by atoms with Crippen LogP contribution in [0.25, 0.3) is 21.9 Å². The molecule has 1 amide bonds. The van der Waals surface area contributed by atoms with E-state index in [-0.39, 0.29) is 18.0 Å². The molecule has 0 atom stereocenters. The molecule has 0 spiro atoms. The van der Waals surface area contributed by atoms with Crippen LogP contribution < -0.4 is 10.9 Å². The van der Waals surface area contributed by atoms with Crippen LogP contribution in [0.5, 0.6) is 0 Å². The van der Waals surface area contributed by atoms with Gasteiger partial charge in [0.15, 0.2) is 0 Å². The minimum Gasteiger partial charge on any atom is -0.464 e. The monoisotopic (exact) mass is 369 g/mol. The molecule has 0 bridgehead atoms. The molecule has 5 nitrogen and oxygen atoms in total. The highest BCUT2D eigenvalue weighted by Crippen LogP contribution is 2.32. The Kier molecular flexibility index (Phi) is 5.40. The molecule has 2 aromatic heterocycles. The maximum absolute atomic E-state index is 12.5. The molecule has 3 aromatic rings. The van der Waals surface area contributed by atoms with Gasteiger partial charge in [-0.1, -0.05) is 13.8 Å². The van der Waals surface area contributed by atoms with Crippen LogP contribution in [0, 0.1) is 26.7 Å². The van der Waals surface area contributed by atoms with Crippen LogP contribution in [0.15, 0.2) is 26.0 Å². The van der Waals surface area contributed by atoms with Gasteiger partial charge in [-0.05, 0) is 56.7 Å². The molecule has 0 radical (unpaired) electrons. The maximum Gasteiger partial charge on any atom is 0.339 e. The van der Waals surface area contributed by atoms with Crippen molar-refractivity contribution in [1.82, 2.24) is 5.32 Å². The van der Waals surface area contributed by atoms with Gasteiger partial charge in [0, 0.05) is 34.9 Å². The first-order chi connectivity index (χ1) is 12.8. The first-order valence-corrected chi connectivity index (χ1v) is 9.50. The van der Waals surface area contributed by atoms with E-state index in [2.05, 4.69) is 19.2 Å². The molecular formula is C22H27NO4. The van der Waals surface area contributed by atoms with Crippen molar-refractivity contribution in [3.8, 4) is 0 Å². The number of rotatable bonds is 6. The van der Waals surface area contributed by atoms with Crippen LogP contribution in [0.2, 0.25) is 0 Å². The summed E-state index contributed by atoms with van der Waals surface area (Å²) in [5.74, 6) is 0.512. The second-order valence-electron chi connectivity index (χ2n) is 7.70. The summed E-state index contributed by atoms with van der Waals surface area (Å²) < 4.78 is 11.2. The molecule has 144 valence electrons. The van der Waals surface area contributed by atoms with Crippen molar-refractivity contribution in [2.75, 3.05) is 6.54 Å². The molecule has 5 heteroatoms. The van der Waals surface area contributed by atoms with Gasteiger partial charge in [-0.25, -0.2) is 4.79 Å². The van der Waals surface area contributed by atoms with E-state index in [1.807, 2.05) is 26.8 Å². The van der Waals surface area contributed by atoms with E-state index >= 15 is 0 Å². The van der Waals surface area contributed by atoms with Crippen molar-refractivity contribution in [3.63, 3.8) is 0 Å². The highest BCUT2D eigenvalue weighted by molar-refractivity contribution is 5.99. The second-order valence-corrected chi connectivity index (χ2v) is 7.70. The zero-order valence-electron chi connectivity index (χ0n) is 16.7. The number of nitrogens with one attached hydrogen (secondary N) is 1. The molecule has 2 heterocycles. The number of benzene rings is 1. The first kappa shape index (κ1) is 19.2. The number of furan rings is 1. The average Bonchev–Trinajstić information content (AvgIpc) is 2.97. The summed E-state index contributed by atoms with van der Waals surface area (Å²) in [5, 5.41) is 4.84. The van der Waals surface area contributed by atoms with Crippen molar-refractivity contribution < 1.29 is 13.6 Å². The molecule has 0 fully saturated rings. The highest BCUT2D eigenvalue weighted by atomic mass is 16.4. The molecule has 0 saturated carbocycles. The third-order valence-corrected chi connectivity index (χ3v) is 5.18. The predicted molar refractivity (Wildman–Crippen MR) is 107 cm³/mol. The van der Waals surface area contributed by atoms with Crippen LogP contribution in [-0.2, 0) is 11.2 Å². The molecule has 0 aliphatic carbocycles. The lowest BCUT2D eigenvalue weighted by atomic mass is 9.98. The third kappa shape index (κ3) is 3.77. The van der Waals surface area contributed by atoms with Crippen molar-refractivity contribution in [3.05, 3.63) is 45.0 Å². The Bertz CT molecular complexity index is 1060. The van der Waals surface area contributed by atoms with E-state index in [0.717, 1.165) is 39.5 Å². The molecule has 3 rings (SSSR count). The summed E-state index contributed by atoms with van der Waals surface area (Å²) in [5.41, 5.74) is 4.26. The van der Waals surface area contributed by atoms with Crippen LogP contribution in [0.3, 0.4) is 0 Å². The lowest BCUT2D eigenvalue weighted by Gasteiger charge is -2.10. The van der Waals surface area contributed by atoms with Gasteiger partial charge in [-0.3, -0.25) is 4.79 Å². The van der Waals surface area contributed by atoms with Crippen molar-refractivity contribution >= 4 is 27.8 Å². The summed E-state index contributed by atoms with van der Waals surface area (Å²) in [4.78, 5) is 24.6. The fourth-order valence-corrected chi connectivity index (χ4v) is 3.43. The van der Waals surface area contributed by atoms with E-state index in [0.29, 0.717) is 30.0 Å². The summed E-state index contributed by atoms with van der Waals surface area (Å²) in [6.07, 6.45) is 3.31. The lowest BCUT2D eigenvalue weighted by molar-refractivity contribution is -0.121. The maximum atomic E-state index is 12.5.